The predicted molar refractivity (Wildman–Crippen MR) is 215 cm³/mol. The maximum atomic E-state index is 5.71. The van der Waals surface area contributed by atoms with E-state index in [1.807, 2.05) is 80.6 Å². The lowest BCUT2D eigenvalue weighted by Gasteiger charge is -2.18. The van der Waals surface area contributed by atoms with E-state index >= 15 is 0 Å². The van der Waals surface area contributed by atoms with Crippen molar-refractivity contribution in [1.82, 2.24) is 0 Å². The summed E-state index contributed by atoms with van der Waals surface area (Å²) in [6.07, 6.45) is 13.4. The fourth-order valence-corrected chi connectivity index (χ4v) is 4.62. The van der Waals surface area contributed by atoms with Gasteiger partial charge in [0.15, 0.2) is 0 Å². The minimum absolute atomic E-state index is 0. The molecule has 0 spiro atoms. The fourth-order valence-electron chi connectivity index (χ4n) is 4.24. The van der Waals surface area contributed by atoms with Gasteiger partial charge in [-0.05, 0) is 81.7 Å². The van der Waals surface area contributed by atoms with E-state index in [9.17, 15) is 0 Å². The summed E-state index contributed by atoms with van der Waals surface area (Å²) in [5.41, 5.74) is 6.32. The Morgan fingerprint density at radius 1 is 0.426 bits per heavy atom. The van der Waals surface area contributed by atoms with Gasteiger partial charge in [-0.3, -0.25) is 0 Å². The van der Waals surface area contributed by atoms with E-state index in [0.29, 0.717) is 0 Å². The molecule has 47 heavy (non-hydrogen) atoms. The number of hydrogen-bond donors (Lipinski definition) is 0. The van der Waals surface area contributed by atoms with Crippen molar-refractivity contribution in [2.45, 2.75) is 121 Å². The van der Waals surface area contributed by atoms with E-state index in [1.165, 1.54) is 80.0 Å². The van der Waals surface area contributed by atoms with Crippen molar-refractivity contribution in [1.29, 1.82) is 0 Å². The van der Waals surface area contributed by atoms with Gasteiger partial charge in [-0.2, -0.15) is 0 Å². The van der Waals surface area contributed by atoms with E-state index in [1.54, 1.807) is 0 Å². The number of benzene rings is 4. The van der Waals surface area contributed by atoms with Crippen molar-refractivity contribution < 1.29 is 0 Å². The van der Waals surface area contributed by atoms with Crippen molar-refractivity contribution in [2.24, 2.45) is 17.8 Å². The highest BCUT2D eigenvalue weighted by atomic mass is 35.5. The summed E-state index contributed by atoms with van der Waals surface area (Å²) in [4.78, 5) is 0. The molecule has 7 rings (SSSR count). The molecule has 3 fully saturated rings. The number of rotatable bonds is 0. The molecule has 0 amide bonds. The average Bonchev–Trinajstić information content (AvgIpc) is 3.66. The lowest BCUT2D eigenvalue weighted by atomic mass is 9.88. The molecule has 0 aliphatic heterocycles. The Hall–Kier alpha value is -2.54. The van der Waals surface area contributed by atoms with Crippen LogP contribution < -0.4 is 0 Å². The number of hydrogen-bond acceptors (Lipinski definition) is 0. The molecule has 0 saturated heterocycles. The van der Waals surface area contributed by atoms with Crippen molar-refractivity contribution in [2.75, 3.05) is 0 Å². The molecule has 0 heterocycles. The molecule has 0 bridgehead atoms. The third-order valence-corrected chi connectivity index (χ3v) is 8.78. The Morgan fingerprint density at radius 3 is 1.06 bits per heavy atom. The Balaban J connectivity index is 0.000000528. The van der Waals surface area contributed by atoms with Crippen LogP contribution in [0.2, 0.25) is 10.0 Å². The van der Waals surface area contributed by atoms with Gasteiger partial charge in [0, 0.05) is 10.0 Å². The van der Waals surface area contributed by atoms with Crippen molar-refractivity contribution in [3.05, 3.63) is 141 Å². The second-order valence-corrected chi connectivity index (χ2v) is 14.3. The standard InChI is InChI=1S/C8H10.2C7H7Cl.C7H8.C6H12.C5H10.C4H8.CH4/c1-7-3-5-8(2)6-4-7;1-6-3-2-4-7(8)5-6;1-6-4-2-3-5-7(6)8;1-7-5-3-2-4-6-7;1-6-4-2-3-5-6;1-5-3-2-4-5;1-4-2-3-4;/h3-6H,1-2H3;2*2-5H,1H3;2-6H,1H3;6H,2-5H2,1H3;5H,2-4H2,1H3;4H,2-3H2,1H3;1H4. The molecule has 0 atom stereocenters. The van der Waals surface area contributed by atoms with Crippen LogP contribution in [0, 0.1) is 52.4 Å². The summed E-state index contributed by atoms with van der Waals surface area (Å²) < 4.78 is 0. The number of halogens is 2. The maximum Gasteiger partial charge on any atom is 0.0435 e. The number of aryl methyl sites for hydroxylation is 5. The zero-order chi connectivity index (χ0) is 34.2. The zero-order valence-corrected chi connectivity index (χ0v) is 31.7. The van der Waals surface area contributed by atoms with Gasteiger partial charge in [-0.1, -0.05) is 211 Å². The lowest BCUT2D eigenvalue weighted by molar-refractivity contribution is 0.346. The van der Waals surface area contributed by atoms with Gasteiger partial charge in [-0.25, -0.2) is 0 Å². The Kier molecular flexibility index (Phi) is 25.9. The quantitative estimate of drug-likeness (QED) is 0.174. The van der Waals surface area contributed by atoms with E-state index in [2.05, 4.69) is 77.9 Å². The van der Waals surface area contributed by atoms with Crippen LogP contribution in [0.1, 0.15) is 114 Å². The molecule has 3 aliphatic rings. The third kappa shape index (κ3) is 27.1. The molecule has 3 aliphatic carbocycles. The highest BCUT2D eigenvalue weighted by molar-refractivity contribution is 6.31. The lowest BCUT2D eigenvalue weighted by Crippen LogP contribution is -2.04. The van der Waals surface area contributed by atoms with Gasteiger partial charge in [-0.15, -0.1) is 0 Å². The molecule has 3 saturated carbocycles. The molecule has 0 unspecified atom stereocenters. The monoisotopic (exact) mass is 676 g/mol. The van der Waals surface area contributed by atoms with Crippen molar-refractivity contribution in [3.8, 4) is 0 Å². The summed E-state index contributed by atoms with van der Waals surface area (Å²) in [6, 6.07) is 34.3. The molecular formula is C45H66Cl2. The summed E-state index contributed by atoms with van der Waals surface area (Å²) >= 11 is 11.4. The van der Waals surface area contributed by atoms with Gasteiger partial charge >= 0.3 is 0 Å². The van der Waals surface area contributed by atoms with Gasteiger partial charge < -0.3 is 0 Å². The molecule has 0 aromatic heterocycles. The molecule has 2 heteroatoms. The Labute approximate surface area is 301 Å². The van der Waals surface area contributed by atoms with Crippen LogP contribution in [-0.2, 0) is 0 Å². The molecular weight excluding hydrogens is 611 g/mol. The van der Waals surface area contributed by atoms with E-state index in [0.717, 1.165) is 33.4 Å². The summed E-state index contributed by atoms with van der Waals surface area (Å²) in [6.45, 7) is 17.2. The summed E-state index contributed by atoms with van der Waals surface area (Å²) in [5.74, 6) is 3.19. The van der Waals surface area contributed by atoms with Crippen LogP contribution >= 0.6 is 23.2 Å². The zero-order valence-electron chi connectivity index (χ0n) is 30.2. The first-order valence-corrected chi connectivity index (χ1v) is 18.2. The van der Waals surface area contributed by atoms with Crippen LogP contribution in [0.15, 0.2) is 103 Å². The van der Waals surface area contributed by atoms with Crippen molar-refractivity contribution >= 4 is 23.2 Å². The molecule has 0 nitrogen and oxygen atoms in total. The first-order valence-electron chi connectivity index (χ1n) is 17.4. The molecule has 0 N–H and O–H groups in total. The van der Waals surface area contributed by atoms with E-state index in [-0.39, 0.29) is 7.43 Å². The SMILES string of the molecule is C.CC1CC1.CC1CCC1.CC1CCCC1.Cc1ccc(C)cc1.Cc1cccc(Cl)c1.Cc1ccccc1.Cc1ccccc1Cl. The highest BCUT2D eigenvalue weighted by Gasteiger charge is 2.12. The Bertz CT molecular complexity index is 1210. The topological polar surface area (TPSA) is 0 Å². The second-order valence-electron chi connectivity index (χ2n) is 13.5. The minimum Gasteiger partial charge on any atom is -0.0843 e. The van der Waals surface area contributed by atoms with Crippen LogP contribution in [-0.4, -0.2) is 0 Å². The van der Waals surface area contributed by atoms with Crippen LogP contribution in [0.5, 0.6) is 0 Å². The smallest absolute Gasteiger partial charge is 0.0435 e. The van der Waals surface area contributed by atoms with Crippen LogP contribution in [0.25, 0.3) is 0 Å². The van der Waals surface area contributed by atoms with Gasteiger partial charge in [0.2, 0.25) is 0 Å². The molecule has 260 valence electrons. The first-order chi connectivity index (χ1) is 22.0. The molecule has 4 aromatic rings. The van der Waals surface area contributed by atoms with E-state index in [4.69, 9.17) is 23.2 Å². The van der Waals surface area contributed by atoms with Gasteiger partial charge in [0.1, 0.15) is 0 Å². The molecule has 0 radical (unpaired) electrons. The normalized spacial score (nSPS) is 14.3. The average molecular weight is 678 g/mol. The fraction of sp³-hybridized carbons (Fsp3) is 0.467. The largest absolute Gasteiger partial charge is 0.0843 e. The van der Waals surface area contributed by atoms with Crippen LogP contribution in [0.4, 0.5) is 0 Å². The first kappa shape index (κ1) is 44.5. The van der Waals surface area contributed by atoms with Gasteiger partial charge in [0.25, 0.3) is 0 Å². The summed E-state index contributed by atoms with van der Waals surface area (Å²) in [7, 11) is 0. The minimum atomic E-state index is 0. The highest BCUT2D eigenvalue weighted by Crippen LogP contribution is 2.26. The maximum absolute atomic E-state index is 5.71. The van der Waals surface area contributed by atoms with E-state index < -0.39 is 0 Å². The van der Waals surface area contributed by atoms with Crippen LogP contribution in [0.3, 0.4) is 0 Å². The van der Waals surface area contributed by atoms with Gasteiger partial charge in [0.05, 0.1) is 0 Å². The third-order valence-electron chi connectivity index (χ3n) is 8.12. The molecule has 4 aromatic carbocycles. The Morgan fingerprint density at radius 2 is 0.830 bits per heavy atom. The van der Waals surface area contributed by atoms with Crippen molar-refractivity contribution in [3.63, 3.8) is 0 Å². The predicted octanol–water partition coefficient (Wildman–Crippen LogP) is 15.7. The second kappa shape index (κ2) is 27.4. The summed E-state index contributed by atoms with van der Waals surface area (Å²) in [5, 5.41) is 1.65.